The van der Waals surface area contributed by atoms with Crippen LogP contribution in [0.4, 0.5) is 10.5 Å². The second kappa shape index (κ2) is 9.59. The van der Waals surface area contributed by atoms with Crippen LogP contribution in [0.25, 0.3) is 0 Å². The van der Waals surface area contributed by atoms with Crippen molar-refractivity contribution in [2.75, 3.05) is 18.0 Å². The first-order valence-electron chi connectivity index (χ1n) is 11.3. The fourth-order valence-electron chi connectivity index (χ4n) is 3.56. The molecule has 1 atom stereocenters. The van der Waals surface area contributed by atoms with Gasteiger partial charge in [-0.1, -0.05) is 6.07 Å². The lowest BCUT2D eigenvalue weighted by molar-refractivity contribution is -0.170. The third-order valence-electron chi connectivity index (χ3n) is 4.99. The molecule has 1 N–H and O–H groups in total. The maximum atomic E-state index is 12.6. The van der Waals surface area contributed by atoms with Crippen molar-refractivity contribution in [2.45, 2.75) is 98.0 Å². The first-order chi connectivity index (χ1) is 14.6. The van der Waals surface area contributed by atoms with E-state index in [9.17, 15) is 9.59 Å². The van der Waals surface area contributed by atoms with Gasteiger partial charge in [-0.2, -0.15) is 0 Å². The van der Waals surface area contributed by atoms with Crippen molar-refractivity contribution in [1.29, 1.82) is 0 Å². The Kier molecular flexibility index (Phi) is 7.74. The van der Waals surface area contributed by atoms with E-state index in [0.717, 1.165) is 30.6 Å². The zero-order valence-electron chi connectivity index (χ0n) is 21.1. The number of hydrogen-bond donors (Lipinski definition) is 1. The summed E-state index contributed by atoms with van der Waals surface area (Å²) in [5.74, 6) is 0.231. The van der Waals surface area contributed by atoms with Crippen molar-refractivity contribution in [1.82, 2.24) is 5.32 Å². The first kappa shape index (κ1) is 25.8. The van der Waals surface area contributed by atoms with Crippen molar-refractivity contribution >= 4 is 17.7 Å². The van der Waals surface area contributed by atoms with Gasteiger partial charge in [-0.25, -0.2) is 9.59 Å². The van der Waals surface area contributed by atoms with Crippen LogP contribution in [-0.2, 0) is 14.3 Å². The maximum absolute atomic E-state index is 12.6. The zero-order valence-corrected chi connectivity index (χ0v) is 21.1. The summed E-state index contributed by atoms with van der Waals surface area (Å²) in [6.07, 6.45) is 1.46. The van der Waals surface area contributed by atoms with E-state index in [2.05, 4.69) is 10.2 Å². The Bertz CT molecular complexity index is 821. The van der Waals surface area contributed by atoms with Gasteiger partial charge in [0.1, 0.15) is 17.0 Å². The van der Waals surface area contributed by atoms with Crippen molar-refractivity contribution < 1.29 is 23.8 Å². The molecule has 0 bridgehead atoms. The highest BCUT2D eigenvalue weighted by molar-refractivity contribution is 5.79. The lowest BCUT2D eigenvalue weighted by Gasteiger charge is -2.36. The van der Waals surface area contributed by atoms with Crippen LogP contribution in [0.15, 0.2) is 18.2 Å². The Balaban J connectivity index is 2.12. The molecule has 32 heavy (non-hydrogen) atoms. The molecule has 0 spiro atoms. The SMILES string of the molecule is Cc1c(OC(C)(C)C(=O)OC(C)(C)C)cccc1N1CCC[C@@H](NC(=O)OC(C)(C)C)C1. The van der Waals surface area contributed by atoms with Crippen molar-refractivity contribution in [3.8, 4) is 5.75 Å². The van der Waals surface area contributed by atoms with Crippen LogP contribution in [0.3, 0.4) is 0 Å². The first-order valence-corrected chi connectivity index (χ1v) is 11.3. The number of amides is 1. The zero-order chi connectivity index (χ0) is 24.3. The van der Waals surface area contributed by atoms with Gasteiger partial charge >= 0.3 is 12.1 Å². The number of rotatable bonds is 5. The van der Waals surface area contributed by atoms with Gasteiger partial charge in [-0.15, -0.1) is 0 Å². The number of nitrogens with zero attached hydrogens (tertiary/aromatic N) is 1. The van der Waals surface area contributed by atoms with Gasteiger partial charge < -0.3 is 24.4 Å². The molecule has 0 saturated carbocycles. The molecule has 0 radical (unpaired) electrons. The van der Waals surface area contributed by atoms with Crippen molar-refractivity contribution in [3.05, 3.63) is 23.8 Å². The molecule has 0 aliphatic carbocycles. The number of piperidine rings is 1. The molecule has 1 aliphatic heterocycles. The van der Waals surface area contributed by atoms with Crippen LogP contribution in [0.2, 0.25) is 0 Å². The fraction of sp³-hybridized carbons (Fsp3) is 0.680. The number of carbonyl (C=O) groups is 2. The van der Waals surface area contributed by atoms with E-state index in [4.69, 9.17) is 14.2 Å². The number of anilines is 1. The molecule has 1 fully saturated rings. The minimum Gasteiger partial charge on any atom is -0.476 e. The topological polar surface area (TPSA) is 77.1 Å². The number of hydrogen-bond acceptors (Lipinski definition) is 6. The lowest BCUT2D eigenvalue weighted by Crippen LogP contribution is -2.49. The van der Waals surface area contributed by atoms with Gasteiger partial charge in [0.25, 0.3) is 0 Å². The van der Waals surface area contributed by atoms with Gasteiger partial charge in [0.05, 0.1) is 0 Å². The van der Waals surface area contributed by atoms with Crippen LogP contribution in [0, 0.1) is 6.92 Å². The Morgan fingerprint density at radius 3 is 2.22 bits per heavy atom. The van der Waals surface area contributed by atoms with Crippen LogP contribution in [0.1, 0.15) is 73.8 Å². The minimum absolute atomic E-state index is 0.000721. The largest absolute Gasteiger partial charge is 0.476 e. The normalized spacial score (nSPS) is 17.5. The van der Waals surface area contributed by atoms with E-state index in [-0.39, 0.29) is 6.04 Å². The summed E-state index contributed by atoms with van der Waals surface area (Å²) in [5.41, 5.74) is -0.264. The molecule has 1 saturated heterocycles. The predicted octanol–water partition coefficient (Wildman–Crippen LogP) is 4.99. The molecule has 7 nitrogen and oxygen atoms in total. The van der Waals surface area contributed by atoms with Crippen LogP contribution >= 0.6 is 0 Å². The molecular weight excluding hydrogens is 408 g/mol. The second-order valence-electron chi connectivity index (χ2n) is 10.9. The number of nitrogens with one attached hydrogen (secondary N) is 1. The van der Waals surface area contributed by atoms with E-state index >= 15 is 0 Å². The number of ether oxygens (including phenoxy) is 3. The summed E-state index contributed by atoms with van der Waals surface area (Å²) < 4.78 is 17.1. The molecule has 1 heterocycles. The molecular formula is C25H40N2O5. The van der Waals surface area contributed by atoms with Crippen molar-refractivity contribution in [2.24, 2.45) is 0 Å². The van der Waals surface area contributed by atoms with Gasteiger partial charge in [0, 0.05) is 30.4 Å². The molecule has 180 valence electrons. The predicted molar refractivity (Wildman–Crippen MR) is 126 cm³/mol. The van der Waals surface area contributed by atoms with Crippen LogP contribution in [0.5, 0.6) is 5.75 Å². The molecule has 1 aromatic carbocycles. The second-order valence-corrected chi connectivity index (χ2v) is 10.9. The summed E-state index contributed by atoms with van der Waals surface area (Å²) in [7, 11) is 0. The average Bonchev–Trinajstić information content (AvgIpc) is 2.60. The van der Waals surface area contributed by atoms with E-state index in [0.29, 0.717) is 12.3 Å². The fourth-order valence-corrected chi connectivity index (χ4v) is 3.56. The molecule has 1 aromatic rings. The monoisotopic (exact) mass is 448 g/mol. The van der Waals surface area contributed by atoms with Crippen LogP contribution < -0.4 is 15.0 Å². The minimum atomic E-state index is -1.13. The van der Waals surface area contributed by atoms with Gasteiger partial charge in [0.15, 0.2) is 5.60 Å². The van der Waals surface area contributed by atoms with E-state index in [1.54, 1.807) is 13.8 Å². The van der Waals surface area contributed by atoms with Crippen LogP contribution in [-0.4, -0.2) is 48.0 Å². The van der Waals surface area contributed by atoms with E-state index in [1.807, 2.05) is 66.7 Å². The molecule has 7 heteroatoms. The van der Waals surface area contributed by atoms with E-state index < -0.39 is 28.9 Å². The number of esters is 1. The van der Waals surface area contributed by atoms with Gasteiger partial charge in [0.2, 0.25) is 0 Å². The maximum Gasteiger partial charge on any atom is 0.407 e. The smallest absolute Gasteiger partial charge is 0.407 e. The average molecular weight is 449 g/mol. The Morgan fingerprint density at radius 1 is 1.00 bits per heavy atom. The summed E-state index contributed by atoms with van der Waals surface area (Å²) in [5, 5.41) is 2.99. The van der Waals surface area contributed by atoms with Gasteiger partial charge in [-0.3, -0.25) is 0 Å². The molecule has 1 amide bonds. The molecule has 2 rings (SSSR count). The lowest BCUT2D eigenvalue weighted by atomic mass is 10.0. The highest BCUT2D eigenvalue weighted by Gasteiger charge is 2.35. The highest BCUT2D eigenvalue weighted by atomic mass is 16.6. The Labute approximate surface area is 192 Å². The number of benzene rings is 1. The standard InChI is InChI=1S/C25H40N2O5/c1-17-19(27-15-11-12-18(16-27)26-22(29)32-24(5,6)7)13-10-14-20(17)30-25(8,9)21(28)31-23(2,3)4/h10,13-14,18H,11-12,15-16H2,1-9H3,(H,26,29)/t18-/m1/s1. The summed E-state index contributed by atoms with van der Waals surface area (Å²) in [6, 6.07) is 5.83. The molecule has 0 aromatic heterocycles. The highest BCUT2D eigenvalue weighted by Crippen LogP contribution is 2.33. The summed E-state index contributed by atoms with van der Waals surface area (Å²) in [4.78, 5) is 27.1. The number of alkyl carbamates (subject to hydrolysis) is 1. The number of carbonyl (C=O) groups excluding carboxylic acids is 2. The van der Waals surface area contributed by atoms with Crippen molar-refractivity contribution in [3.63, 3.8) is 0 Å². The van der Waals surface area contributed by atoms with E-state index in [1.165, 1.54) is 0 Å². The third kappa shape index (κ3) is 7.61. The van der Waals surface area contributed by atoms with Gasteiger partial charge in [-0.05, 0) is 87.3 Å². The Morgan fingerprint density at radius 2 is 1.62 bits per heavy atom. The molecule has 0 unspecified atom stereocenters. The quantitative estimate of drug-likeness (QED) is 0.640. The summed E-state index contributed by atoms with van der Waals surface area (Å²) >= 11 is 0. The summed E-state index contributed by atoms with van der Waals surface area (Å²) in [6.45, 7) is 18.1. The Hall–Kier alpha value is -2.44. The molecule has 1 aliphatic rings. The third-order valence-corrected chi connectivity index (χ3v) is 4.99.